The summed E-state index contributed by atoms with van der Waals surface area (Å²) in [6.45, 7) is 4.45. The molecule has 0 bridgehead atoms. The zero-order chi connectivity index (χ0) is 13.1. The van der Waals surface area contributed by atoms with E-state index in [1.165, 1.54) is 11.8 Å². The fourth-order valence-electron chi connectivity index (χ4n) is 1.40. The molecule has 0 aliphatic carbocycles. The predicted octanol–water partition coefficient (Wildman–Crippen LogP) is 1.58. The first-order valence-electron chi connectivity index (χ1n) is 5.21. The highest BCUT2D eigenvalue weighted by Gasteiger charge is 2.13. The molecule has 2 aromatic heterocycles. The first-order valence-corrected chi connectivity index (χ1v) is 7.08. The Morgan fingerprint density at radius 2 is 2.28 bits per heavy atom. The van der Waals surface area contributed by atoms with Crippen molar-refractivity contribution >= 4 is 29.1 Å². The molecule has 0 radical (unpaired) electrons. The molecule has 8 heteroatoms. The van der Waals surface area contributed by atoms with Crippen LogP contribution in [-0.2, 0) is 11.3 Å². The molecule has 2 heterocycles. The summed E-state index contributed by atoms with van der Waals surface area (Å²) in [5.74, 6) is -0.100. The van der Waals surface area contributed by atoms with Crippen molar-refractivity contribution in [2.45, 2.75) is 25.5 Å². The monoisotopic (exact) mass is 284 g/mol. The number of carboxylic acids is 1. The number of aliphatic carboxylic acids is 1. The van der Waals surface area contributed by atoms with E-state index < -0.39 is 5.97 Å². The molecule has 2 rings (SSSR count). The molecule has 0 spiro atoms. The minimum absolute atomic E-state index is 0.0141. The van der Waals surface area contributed by atoms with E-state index in [2.05, 4.69) is 15.2 Å². The molecule has 0 atom stereocenters. The van der Waals surface area contributed by atoms with Gasteiger partial charge in [0.1, 0.15) is 5.82 Å². The lowest BCUT2D eigenvalue weighted by Crippen LogP contribution is -2.06. The highest BCUT2D eigenvalue weighted by Crippen LogP contribution is 2.21. The lowest BCUT2D eigenvalue weighted by atomic mass is 10.4. The first-order chi connectivity index (χ1) is 8.58. The molecule has 0 aromatic carbocycles. The van der Waals surface area contributed by atoms with Crippen molar-refractivity contribution in [3.05, 3.63) is 21.9 Å². The second-order valence-electron chi connectivity index (χ2n) is 3.66. The van der Waals surface area contributed by atoms with E-state index in [0.29, 0.717) is 11.7 Å². The van der Waals surface area contributed by atoms with Crippen LogP contribution in [0.5, 0.6) is 0 Å². The van der Waals surface area contributed by atoms with Crippen LogP contribution in [0.1, 0.15) is 16.4 Å². The highest BCUT2D eigenvalue weighted by molar-refractivity contribution is 7.99. The van der Waals surface area contributed by atoms with E-state index in [9.17, 15) is 4.79 Å². The minimum atomic E-state index is -0.860. The van der Waals surface area contributed by atoms with Gasteiger partial charge in [0.15, 0.2) is 5.16 Å². The molecule has 1 N–H and O–H groups in total. The molecule has 0 aliphatic rings. The van der Waals surface area contributed by atoms with Crippen molar-refractivity contribution in [3.8, 4) is 0 Å². The van der Waals surface area contributed by atoms with Crippen molar-refractivity contribution in [1.29, 1.82) is 0 Å². The topological polar surface area (TPSA) is 80.9 Å². The second-order valence-corrected chi connectivity index (χ2v) is 5.54. The fourth-order valence-corrected chi connectivity index (χ4v) is 2.87. The molecule has 0 saturated heterocycles. The number of aryl methyl sites for hydroxylation is 2. The smallest absolute Gasteiger partial charge is 0.313 e. The Labute approximate surface area is 112 Å². The van der Waals surface area contributed by atoms with Gasteiger partial charge in [-0.2, -0.15) is 0 Å². The van der Waals surface area contributed by atoms with Gasteiger partial charge < -0.3 is 9.67 Å². The van der Waals surface area contributed by atoms with Crippen LogP contribution in [0, 0.1) is 13.8 Å². The van der Waals surface area contributed by atoms with Crippen molar-refractivity contribution in [2.24, 2.45) is 0 Å². The third kappa shape index (κ3) is 2.88. The summed E-state index contributed by atoms with van der Waals surface area (Å²) in [6.07, 6.45) is 0. The Bertz CT molecular complexity index is 564. The van der Waals surface area contributed by atoms with Crippen LogP contribution in [0.2, 0.25) is 0 Å². The van der Waals surface area contributed by atoms with Crippen LogP contribution < -0.4 is 0 Å². The van der Waals surface area contributed by atoms with Crippen molar-refractivity contribution in [1.82, 2.24) is 19.7 Å². The molecule has 0 amide bonds. The summed E-state index contributed by atoms with van der Waals surface area (Å²) in [7, 11) is 0. The first kappa shape index (κ1) is 13.0. The highest BCUT2D eigenvalue weighted by atomic mass is 32.2. The molecule has 96 valence electrons. The SMILES string of the molecule is Cc1ncsc1Cn1c(C)nnc1SCC(=O)O. The Morgan fingerprint density at radius 3 is 2.89 bits per heavy atom. The summed E-state index contributed by atoms with van der Waals surface area (Å²) < 4.78 is 1.91. The molecular formula is C10H12N4O2S2. The van der Waals surface area contributed by atoms with Crippen LogP contribution in [-0.4, -0.2) is 36.6 Å². The van der Waals surface area contributed by atoms with E-state index in [4.69, 9.17) is 5.11 Å². The Kier molecular flexibility index (Phi) is 3.97. The average Bonchev–Trinajstić information content (AvgIpc) is 2.86. The Morgan fingerprint density at radius 1 is 1.50 bits per heavy atom. The lowest BCUT2D eigenvalue weighted by molar-refractivity contribution is -0.133. The Hall–Kier alpha value is -1.41. The third-order valence-electron chi connectivity index (χ3n) is 2.37. The van der Waals surface area contributed by atoms with Gasteiger partial charge in [0.25, 0.3) is 0 Å². The molecule has 6 nitrogen and oxygen atoms in total. The van der Waals surface area contributed by atoms with Gasteiger partial charge in [0.2, 0.25) is 0 Å². The van der Waals surface area contributed by atoms with E-state index in [1.807, 2.05) is 18.4 Å². The number of thiazole rings is 1. The minimum Gasteiger partial charge on any atom is -0.481 e. The van der Waals surface area contributed by atoms with E-state index in [1.54, 1.807) is 16.8 Å². The largest absolute Gasteiger partial charge is 0.481 e. The number of carbonyl (C=O) groups is 1. The van der Waals surface area contributed by atoms with Crippen LogP contribution in [0.4, 0.5) is 0 Å². The zero-order valence-electron chi connectivity index (χ0n) is 9.95. The van der Waals surface area contributed by atoms with Crippen LogP contribution in [0.25, 0.3) is 0 Å². The van der Waals surface area contributed by atoms with Crippen LogP contribution >= 0.6 is 23.1 Å². The van der Waals surface area contributed by atoms with Gasteiger partial charge in [-0.25, -0.2) is 4.98 Å². The maximum Gasteiger partial charge on any atom is 0.313 e. The average molecular weight is 284 g/mol. The number of rotatable bonds is 5. The van der Waals surface area contributed by atoms with Crippen LogP contribution in [0.3, 0.4) is 0 Å². The molecular weight excluding hydrogens is 272 g/mol. The molecule has 2 aromatic rings. The quantitative estimate of drug-likeness (QED) is 0.839. The molecule has 18 heavy (non-hydrogen) atoms. The van der Waals surface area contributed by atoms with Gasteiger partial charge in [-0.3, -0.25) is 4.79 Å². The summed E-state index contributed by atoms with van der Waals surface area (Å²) >= 11 is 2.75. The summed E-state index contributed by atoms with van der Waals surface area (Å²) in [4.78, 5) is 15.9. The number of hydrogen-bond donors (Lipinski definition) is 1. The third-order valence-corrected chi connectivity index (χ3v) is 4.24. The van der Waals surface area contributed by atoms with Crippen molar-refractivity contribution < 1.29 is 9.90 Å². The van der Waals surface area contributed by atoms with Crippen molar-refractivity contribution in [3.63, 3.8) is 0 Å². The molecule has 0 aliphatic heterocycles. The zero-order valence-corrected chi connectivity index (χ0v) is 11.6. The lowest BCUT2D eigenvalue weighted by Gasteiger charge is -2.06. The Balaban J connectivity index is 2.19. The maximum atomic E-state index is 10.6. The second kappa shape index (κ2) is 5.49. The van der Waals surface area contributed by atoms with Gasteiger partial charge in [-0.1, -0.05) is 11.8 Å². The van der Waals surface area contributed by atoms with Gasteiger partial charge in [-0.15, -0.1) is 21.5 Å². The number of hydrogen-bond acceptors (Lipinski definition) is 6. The standard InChI is InChI=1S/C10H12N4O2S2/c1-6-8(18-5-11-6)3-14-7(2)12-13-10(14)17-4-9(15)16/h5H,3-4H2,1-2H3,(H,15,16). The molecule has 0 fully saturated rings. The number of carboxylic acid groups (broad SMARTS) is 1. The fraction of sp³-hybridized carbons (Fsp3) is 0.400. The summed E-state index contributed by atoms with van der Waals surface area (Å²) in [5, 5.41) is 17.3. The summed E-state index contributed by atoms with van der Waals surface area (Å²) in [6, 6.07) is 0. The molecule has 0 unspecified atom stereocenters. The van der Waals surface area contributed by atoms with Crippen molar-refractivity contribution in [2.75, 3.05) is 5.75 Å². The predicted molar refractivity (Wildman–Crippen MR) is 69.1 cm³/mol. The van der Waals surface area contributed by atoms with E-state index >= 15 is 0 Å². The number of aromatic nitrogens is 4. The number of nitrogens with zero attached hydrogens (tertiary/aromatic N) is 4. The normalized spacial score (nSPS) is 10.8. The van der Waals surface area contributed by atoms with Gasteiger partial charge in [-0.05, 0) is 13.8 Å². The summed E-state index contributed by atoms with van der Waals surface area (Å²) in [5.41, 5.74) is 2.79. The maximum absolute atomic E-state index is 10.6. The van der Waals surface area contributed by atoms with Gasteiger partial charge in [0.05, 0.1) is 23.5 Å². The van der Waals surface area contributed by atoms with Gasteiger partial charge in [0, 0.05) is 4.88 Å². The van der Waals surface area contributed by atoms with E-state index in [-0.39, 0.29) is 5.75 Å². The van der Waals surface area contributed by atoms with Gasteiger partial charge >= 0.3 is 5.97 Å². The number of thioether (sulfide) groups is 1. The van der Waals surface area contributed by atoms with E-state index in [0.717, 1.165) is 16.4 Å². The molecule has 0 saturated carbocycles. The van der Waals surface area contributed by atoms with Crippen LogP contribution in [0.15, 0.2) is 10.7 Å².